The summed E-state index contributed by atoms with van der Waals surface area (Å²) < 4.78 is 0. The number of benzene rings is 2. The summed E-state index contributed by atoms with van der Waals surface area (Å²) >= 11 is 0. The van der Waals surface area contributed by atoms with Gasteiger partial charge in [0.1, 0.15) is 7.85 Å². The van der Waals surface area contributed by atoms with Crippen LogP contribution >= 0.6 is 0 Å². The van der Waals surface area contributed by atoms with Gasteiger partial charge in [-0.05, 0) is 59.8 Å². The summed E-state index contributed by atoms with van der Waals surface area (Å²) in [7, 11) is 2.40. The topological polar surface area (TPSA) is 0 Å². The monoisotopic (exact) mass is 330 g/mol. The van der Waals surface area contributed by atoms with E-state index in [0.717, 1.165) is 17.7 Å². The van der Waals surface area contributed by atoms with Gasteiger partial charge in [-0.25, -0.2) is 0 Å². The van der Waals surface area contributed by atoms with E-state index in [9.17, 15) is 0 Å². The molecule has 0 saturated heterocycles. The van der Waals surface area contributed by atoms with Crippen LogP contribution in [-0.2, 0) is 0 Å². The van der Waals surface area contributed by atoms with E-state index in [1.54, 1.807) is 11.1 Å². The predicted molar refractivity (Wildman–Crippen MR) is 111 cm³/mol. The Bertz CT molecular complexity index is 656. The summed E-state index contributed by atoms with van der Waals surface area (Å²) in [6, 6.07) is 18.9. The summed E-state index contributed by atoms with van der Waals surface area (Å²) in [6.07, 6.45) is 12.6. The van der Waals surface area contributed by atoms with Crippen molar-refractivity contribution in [1.29, 1.82) is 0 Å². The first-order valence-electron chi connectivity index (χ1n) is 10.5. The third kappa shape index (κ3) is 4.02. The minimum absolute atomic E-state index is 0.791. The van der Waals surface area contributed by atoms with E-state index in [4.69, 9.17) is 0 Å². The van der Waals surface area contributed by atoms with Crippen molar-refractivity contribution in [3.63, 3.8) is 0 Å². The standard InChI is InChI=1S/C24H31B/c25-24-16-14-23(15-17-24)22-12-10-21(11-13-22)20-8-6-19(7-9-20)18-4-2-1-3-5-18/h6-13,18,23-24H,1-5,14-17,25H2. The van der Waals surface area contributed by atoms with Crippen molar-refractivity contribution in [3.05, 3.63) is 59.7 Å². The minimum atomic E-state index is 0.791. The second-order valence-electron chi connectivity index (χ2n) is 8.54. The fourth-order valence-corrected chi connectivity index (χ4v) is 4.92. The molecular formula is C24H31B. The highest BCUT2D eigenvalue weighted by molar-refractivity contribution is 6.11. The fourth-order valence-electron chi connectivity index (χ4n) is 4.92. The molecule has 0 bridgehead atoms. The lowest BCUT2D eigenvalue weighted by atomic mass is 9.70. The van der Waals surface area contributed by atoms with Gasteiger partial charge in [-0.1, -0.05) is 86.5 Å². The Morgan fingerprint density at radius 3 is 1.44 bits per heavy atom. The van der Waals surface area contributed by atoms with E-state index in [1.807, 2.05) is 0 Å². The highest BCUT2D eigenvalue weighted by atomic mass is 14.2. The molecule has 0 amide bonds. The molecular weight excluding hydrogens is 299 g/mol. The van der Waals surface area contributed by atoms with E-state index < -0.39 is 0 Å². The molecule has 130 valence electrons. The second kappa shape index (κ2) is 7.81. The molecule has 2 aromatic rings. The van der Waals surface area contributed by atoms with E-state index in [2.05, 4.69) is 56.4 Å². The van der Waals surface area contributed by atoms with Crippen LogP contribution in [0.2, 0.25) is 5.82 Å². The van der Waals surface area contributed by atoms with Gasteiger partial charge in [0.25, 0.3) is 0 Å². The van der Waals surface area contributed by atoms with Gasteiger partial charge in [-0.15, -0.1) is 0 Å². The van der Waals surface area contributed by atoms with E-state index in [-0.39, 0.29) is 0 Å². The van der Waals surface area contributed by atoms with Crippen LogP contribution in [0.1, 0.15) is 80.8 Å². The molecule has 2 aliphatic carbocycles. The lowest BCUT2D eigenvalue weighted by molar-refractivity contribution is 0.443. The molecule has 0 spiro atoms. The van der Waals surface area contributed by atoms with Gasteiger partial charge in [0, 0.05) is 0 Å². The molecule has 1 heteroatoms. The van der Waals surface area contributed by atoms with Crippen molar-refractivity contribution in [2.45, 2.75) is 75.4 Å². The maximum atomic E-state index is 2.40. The van der Waals surface area contributed by atoms with Crippen molar-refractivity contribution in [3.8, 4) is 11.1 Å². The van der Waals surface area contributed by atoms with Crippen LogP contribution < -0.4 is 0 Å². The van der Waals surface area contributed by atoms with Crippen LogP contribution in [0.4, 0.5) is 0 Å². The summed E-state index contributed by atoms with van der Waals surface area (Å²) in [4.78, 5) is 0. The molecule has 0 atom stereocenters. The van der Waals surface area contributed by atoms with Crippen LogP contribution in [0.25, 0.3) is 11.1 Å². The molecule has 2 saturated carbocycles. The quantitative estimate of drug-likeness (QED) is 0.565. The van der Waals surface area contributed by atoms with E-state index in [0.29, 0.717) is 0 Å². The van der Waals surface area contributed by atoms with Gasteiger partial charge in [-0.2, -0.15) is 0 Å². The highest BCUT2D eigenvalue weighted by Gasteiger charge is 2.19. The molecule has 0 heterocycles. The molecule has 0 N–H and O–H groups in total. The zero-order chi connectivity index (χ0) is 17.1. The lowest BCUT2D eigenvalue weighted by Crippen LogP contribution is -2.09. The summed E-state index contributed by atoms with van der Waals surface area (Å²) in [6.45, 7) is 0. The Labute approximate surface area is 154 Å². The summed E-state index contributed by atoms with van der Waals surface area (Å²) in [5.41, 5.74) is 5.83. The summed E-state index contributed by atoms with van der Waals surface area (Å²) in [5.74, 6) is 2.52. The van der Waals surface area contributed by atoms with Crippen LogP contribution in [0, 0.1) is 0 Å². The van der Waals surface area contributed by atoms with Crippen molar-refractivity contribution < 1.29 is 0 Å². The Balaban J connectivity index is 1.44. The number of hydrogen-bond acceptors (Lipinski definition) is 0. The van der Waals surface area contributed by atoms with Crippen molar-refractivity contribution in [1.82, 2.24) is 0 Å². The van der Waals surface area contributed by atoms with E-state index in [1.165, 1.54) is 68.9 Å². The zero-order valence-electron chi connectivity index (χ0n) is 15.7. The number of hydrogen-bond donors (Lipinski definition) is 0. The molecule has 2 aliphatic rings. The van der Waals surface area contributed by atoms with Gasteiger partial charge in [0.05, 0.1) is 0 Å². The van der Waals surface area contributed by atoms with Crippen LogP contribution in [-0.4, -0.2) is 7.85 Å². The van der Waals surface area contributed by atoms with Gasteiger partial charge >= 0.3 is 0 Å². The average Bonchev–Trinajstić information content (AvgIpc) is 2.70. The van der Waals surface area contributed by atoms with Crippen LogP contribution in [0.15, 0.2) is 48.5 Å². The highest BCUT2D eigenvalue weighted by Crippen LogP contribution is 2.38. The molecule has 4 rings (SSSR count). The first-order chi connectivity index (χ1) is 12.3. The van der Waals surface area contributed by atoms with Crippen LogP contribution in [0.3, 0.4) is 0 Å². The Morgan fingerprint density at radius 1 is 0.520 bits per heavy atom. The zero-order valence-corrected chi connectivity index (χ0v) is 15.7. The van der Waals surface area contributed by atoms with Crippen molar-refractivity contribution in [2.24, 2.45) is 0 Å². The molecule has 2 fully saturated rings. The predicted octanol–water partition coefficient (Wildman–Crippen LogP) is 6.48. The Kier molecular flexibility index (Phi) is 5.29. The fraction of sp³-hybridized carbons (Fsp3) is 0.500. The molecule has 0 radical (unpaired) electrons. The Hall–Kier alpha value is -1.50. The van der Waals surface area contributed by atoms with Gasteiger partial charge in [-0.3, -0.25) is 0 Å². The van der Waals surface area contributed by atoms with Gasteiger partial charge in [0.15, 0.2) is 0 Å². The maximum absolute atomic E-state index is 2.40. The van der Waals surface area contributed by atoms with Gasteiger partial charge < -0.3 is 0 Å². The largest absolute Gasteiger partial charge is 0.105 e. The SMILES string of the molecule is BC1CCC(c2ccc(-c3ccc(C4CCCCC4)cc3)cc2)CC1. The molecule has 0 aliphatic heterocycles. The Morgan fingerprint density at radius 2 is 0.960 bits per heavy atom. The lowest BCUT2D eigenvalue weighted by Gasteiger charge is -2.26. The summed E-state index contributed by atoms with van der Waals surface area (Å²) in [5, 5.41) is 0. The third-order valence-electron chi connectivity index (χ3n) is 6.72. The second-order valence-corrected chi connectivity index (χ2v) is 8.54. The van der Waals surface area contributed by atoms with Gasteiger partial charge in [0.2, 0.25) is 0 Å². The normalized spacial score (nSPS) is 25.0. The molecule has 25 heavy (non-hydrogen) atoms. The van der Waals surface area contributed by atoms with E-state index >= 15 is 0 Å². The first-order valence-corrected chi connectivity index (χ1v) is 10.5. The minimum Gasteiger partial charge on any atom is -0.0697 e. The first kappa shape index (κ1) is 16.9. The van der Waals surface area contributed by atoms with Crippen LogP contribution in [0.5, 0.6) is 0 Å². The molecule has 0 aromatic heterocycles. The number of rotatable bonds is 3. The smallest absolute Gasteiger partial charge is 0.0697 e. The molecule has 0 unspecified atom stereocenters. The average molecular weight is 330 g/mol. The maximum Gasteiger partial charge on any atom is 0.105 e. The van der Waals surface area contributed by atoms with Crippen molar-refractivity contribution in [2.75, 3.05) is 0 Å². The molecule has 0 nitrogen and oxygen atoms in total. The van der Waals surface area contributed by atoms with Crippen molar-refractivity contribution >= 4 is 7.85 Å². The third-order valence-corrected chi connectivity index (χ3v) is 6.72. The molecule has 2 aromatic carbocycles.